The molecule has 1 N–H and O–H groups in total. The lowest BCUT2D eigenvalue weighted by Gasteiger charge is -2.28. The van der Waals surface area contributed by atoms with Crippen LogP contribution in [0, 0.1) is 6.92 Å². The summed E-state index contributed by atoms with van der Waals surface area (Å²) in [6, 6.07) is 10.7. The van der Waals surface area contributed by atoms with Gasteiger partial charge in [0.15, 0.2) is 5.11 Å². The minimum Gasteiger partial charge on any atom is -0.352 e. The molecule has 0 radical (unpaired) electrons. The zero-order chi connectivity index (χ0) is 15.7. The molecule has 0 bridgehead atoms. The molecule has 0 aliphatic carbocycles. The minimum absolute atomic E-state index is 0.0910. The third-order valence-electron chi connectivity index (χ3n) is 4.38. The molecule has 0 amide bonds. The van der Waals surface area contributed by atoms with Crippen molar-refractivity contribution in [1.82, 2.24) is 19.8 Å². The second-order valence-corrected chi connectivity index (χ2v) is 6.17. The van der Waals surface area contributed by atoms with E-state index in [1.807, 2.05) is 18.3 Å². The molecular weight excluding hydrogens is 292 g/mol. The van der Waals surface area contributed by atoms with Crippen LogP contribution in [0.15, 0.2) is 36.5 Å². The van der Waals surface area contributed by atoms with Crippen LogP contribution in [-0.4, -0.2) is 26.1 Å². The first-order valence-electron chi connectivity index (χ1n) is 7.73. The van der Waals surface area contributed by atoms with Crippen molar-refractivity contribution < 1.29 is 0 Å². The van der Waals surface area contributed by atoms with Crippen LogP contribution in [0.4, 0.5) is 0 Å². The van der Waals surface area contributed by atoms with Gasteiger partial charge in [-0.25, -0.2) is 0 Å². The van der Waals surface area contributed by atoms with Gasteiger partial charge in [0.25, 0.3) is 0 Å². The Morgan fingerprint density at radius 1 is 1.27 bits per heavy atom. The summed E-state index contributed by atoms with van der Waals surface area (Å²) >= 11 is 5.59. The summed E-state index contributed by atoms with van der Waals surface area (Å²) in [7, 11) is 2.12. The molecule has 0 spiro atoms. The number of aryl methyl sites for hydroxylation is 1. The van der Waals surface area contributed by atoms with E-state index in [2.05, 4.69) is 58.9 Å². The second kappa shape index (κ2) is 6.08. The number of thiocarbonyl (C=S) groups is 1. The number of aromatic nitrogens is 2. The minimum atomic E-state index is 0.0910. The number of nitrogens with one attached hydrogen (secondary N) is 1. The summed E-state index contributed by atoms with van der Waals surface area (Å²) in [6.07, 6.45) is 2.91. The van der Waals surface area contributed by atoms with Gasteiger partial charge in [0.1, 0.15) is 0 Å². The predicted octanol–water partition coefficient (Wildman–Crippen LogP) is 3.11. The van der Waals surface area contributed by atoms with Gasteiger partial charge in [0, 0.05) is 31.2 Å². The van der Waals surface area contributed by atoms with E-state index in [-0.39, 0.29) is 12.1 Å². The van der Waals surface area contributed by atoms with Gasteiger partial charge in [-0.05, 0) is 49.8 Å². The highest BCUT2D eigenvalue weighted by Gasteiger charge is 2.40. The molecule has 1 aliphatic heterocycles. The summed E-state index contributed by atoms with van der Waals surface area (Å²) in [4.78, 5) is 6.84. The van der Waals surface area contributed by atoms with Crippen molar-refractivity contribution >= 4 is 17.3 Å². The average molecular weight is 314 g/mol. The number of hydrogen-bond acceptors (Lipinski definition) is 2. The van der Waals surface area contributed by atoms with Gasteiger partial charge in [0.2, 0.25) is 0 Å². The lowest BCUT2D eigenvalue weighted by molar-refractivity contribution is 0.306. The van der Waals surface area contributed by atoms with Crippen molar-refractivity contribution in [2.45, 2.75) is 32.4 Å². The van der Waals surface area contributed by atoms with Gasteiger partial charge in [-0.15, -0.1) is 0 Å². The molecule has 1 saturated heterocycles. The zero-order valence-electron chi connectivity index (χ0n) is 13.3. The number of pyridine rings is 1. The molecule has 0 saturated carbocycles. The summed E-state index contributed by atoms with van der Waals surface area (Å²) in [6.45, 7) is 5.26. The Kier molecular flexibility index (Phi) is 4.16. The molecule has 2 aromatic heterocycles. The van der Waals surface area contributed by atoms with E-state index < -0.39 is 0 Å². The van der Waals surface area contributed by atoms with E-state index in [4.69, 9.17) is 12.2 Å². The highest BCUT2D eigenvalue weighted by Crippen LogP contribution is 2.38. The van der Waals surface area contributed by atoms with Crippen LogP contribution in [-0.2, 0) is 7.05 Å². The van der Waals surface area contributed by atoms with Gasteiger partial charge < -0.3 is 14.8 Å². The monoisotopic (exact) mass is 314 g/mol. The van der Waals surface area contributed by atoms with Crippen molar-refractivity contribution in [2.24, 2.45) is 7.05 Å². The van der Waals surface area contributed by atoms with E-state index >= 15 is 0 Å². The van der Waals surface area contributed by atoms with Crippen LogP contribution in [0.2, 0.25) is 0 Å². The molecule has 2 atom stereocenters. The molecular formula is C17H22N4S. The van der Waals surface area contributed by atoms with Crippen LogP contribution >= 0.6 is 12.2 Å². The predicted molar refractivity (Wildman–Crippen MR) is 92.6 cm³/mol. The van der Waals surface area contributed by atoms with Gasteiger partial charge >= 0.3 is 0 Å². The molecule has 116 valence electrons. The molecule has 1 aliphatic rings. The molecule has 2 aromatic rings. The van der Waals surface area contributed by atoms with Crippen molar-refractivity contribution in [3.05, 3.63) is 53.6 Å². The van der Waals surface area contributed by atoms with E-state index in [9.17, 15) is 0 Å². The van der Waals surface area contributed by atoms with E-state index in [0.717, 1.165) is 23.8 Å². The van der Waals surface area contributed by atoms with Gasteiger partial charge in [-0.1, -0.05) is 13.0 Å². The van der Waals surface area contributed by atoms with E-state index in [0.29, 0.717) is 0 Å². The Hall–Kier alpha value is -1.88. The average Bonchev–Trinajstić information content (AvgIpc) is 3.02. The maximum absolute atomic E-state index is 5.59. The molecule has 3 heterocycles. The Morgan fingerprint density at radius 2 is 2.09 bits per heavy atom. The first kappa shape index (κ1) is 15.0. The Bertz CT molecular complexity index is 665. The van der Waals surface area contributed by atoms with Crippen molar-refractivity contribution in [3.8, 4) is 0 Å². The fourth-order valence-corrected chi connectivity index (χ4v) is 3.47. The normalized spacial score (nSPS) is 21.2. The van der Waals surface area contributed by atoms with Gasteiger partial charge in [-0.2, -0.15) is 0 Å². The smallest absolute Gasteiger partial charge is 0.170 e. The van der Waals surface area contributed by atoms with Crippen LogP contribution in [0.3, 0.4) is 0 Å². The fourth-order valence-electron chi connectivity index (χ4n) is 3.14. The molecule has 1 fully saturated rings. The topological polar surface area (TPSA) is 33.1 Å². The van der Waals surface area contributed by atoms with Crippen molar-refractivity contribution in [3.63, 3.8) is 0 Å². The summed E-state index contributed by atoms with van der Waals surface area (Å²) in [5.41, 5.74) is 3.56. The third-order valence-corrected chi connectivity index (χ3v) is 4.73. The standard InChI is InChI=1S/C17H22N4S/c1-4-11-21-16(14-9-8-12(2)20(14)3)15(19-17(21)22)13-7-5-6-10-18-13/h5-10,15-16H,4,11H2,1-3H3,(H,19,22). The molecule has 5 heteroatoms. The second-order valence-electron chi connectivity index (χ2n) is 5.78. The number of nitrogens with zero attached hydrogens (tertiary/aromatic N) is 3. The number of rotatable bonds is 4. The summed E-state index contributed by atoms with van der Waals surface area (Å²) in [5, 5.41) is 4.29. The lowest BCUT2D eigenvalue weighted by atomic mass is 10.0. The van der Waals surface area contributed by atoms with Gasteiger partial charge in [0.05, 0.1) is 17.8 Å². The lowest BCUT2D eigenvalue weighted by Crippen LogP contribution is -2.31. The third kappa shape index (κ3) is 2.50. The maximum Gasteiger partial charge on any atom is 0.170 e. The zero-order valence-corrected chi connectivity index (χ0v) is 14.1. The van der Waals surface area contributed by atoms with E-state index in [1.165, 1.54) is 11.4 Å². The molecule has 4 nitrogen and oxygen atoms in total. The highest BCUT2D eigenvalue weighted by atomic mass is 32.1. The van der Waals surface area contributed by atoms with Gasteiger partial charge in [-0.3, -0.25) is 4.98 Å². The first-order valence-corrected chi connectivity index (χ1v) is 8.14. The quantitative estimate of drug-likeness (QED) is 0.879. The Balaban J connectivity index is 2.05. The first-order chi connectivity index (χ1) is 10.6. The highest BCUT2D eigenvalue weighted by molar-refractivity contribution is 7.80. The number of hydrogen-bond donors (Lipinski definition) is 1. The summed E-state index contributed by atoms with van der Waals surface area (Å²) < 4.78 is 2.25. The van der Waals surface area contributed by atoms with Crippen LogP contribution in [0.5, 0.6) is 0 Å². The molecule has 2 unspecified atom stereocenters. The molecule has 22 heavy (non-hydrogen) atoms. The Morgan fingerprint density at radius 3 is 2.68 bits per heavy atom. The largest absolute Gasteiger partial charge is 0.352 e. The Labute approximate surface area is 137 Å². The van der Waals surface area contributed by atoms with Crippen LogP contribution in [0.25, 0.3) is 0 Å². The molecule has 3 rings (SSSR count). The van der Waals surface area contributed by atoms with Crippen LogP contribution < -0.4 is 5.32 Å². The summed E-state index contributed by atoms with van der Waals surface area (Å²) in [5.74, 6) is 0. The van der Waals surface area contributed by atoms with Crippen molar-refractivity contribution in [1.29, 1.82) is 0 Å². The SMILES string of the molecule is CCCN1C(=S)NC(c2ccccn2)C1c1ccc(C)n1C. The maximum atomic E-state index is 5.59. The molecule has 0 aromatic carbocycles. The van der Waals surface area contributed by atoms with E-state index in [1.54, 1.807) is 0 Å². The van der Waals surface area contributed by atoms with Crippen molar-refractivity contribution in [2.75, 3.05) is 6.54 Å². The fraction of sp³-hybridized carbons (Fsp3) is 0.412. The van der Waals surface area contributed by atoms with Crippen LogP contribution in [0.1, 0.15) is 42.5 Å².